The molecule has 3 heterocycles. The van der Waals surface area contributed by atoms with Crippen molar-refractivity contribution in [3.8, 4) is 10.6 Å². The number of thiophene rings is 1. The van der Waals surface area contributed by atoms with Gasteiger partial charge in [-0.3, -0.25) is 0 Å². The maximum absolute atomic E-state index is 4.71. The molecule has 0 unspecified atom stereocenters. The van der Waals surface area contributed by atoms with Crippen LogP contribution < -0.4 is 0 Å². The van der Waals surface area contributed by atoms with E-state index in [2.05, 4.69) is 45.9 Å². The number of benzene rings is 1. The highest BCUT2D eigenvalue weighted by Crippen LogP contribution is 2.36. The average Bonchev–Trinajstić information content (AvgIpc) is 3.25. The number of hydrogen-bond acceptors (Lipinski definition) is 6. The van der Waals surface area contributed by atoms with Gasteiger partial charge in [-0.2, -0.15) is 0 Å². The minimum atomic E-state index is 0.936. The van der Waals surface area contributed by atoms with Crippen molar-refractivity contribution in [1.82, 2.24) is 15.2 Å². The Morgan fingerprint density at radius 1 is 1.04 bits per heavy atom. The molecule has 1 aromatic carbocycles. The number of fused-ring (bicyclic) bond motifs is 1. The van der Waals surface area contributed by atoms with Gasteiger partial charge in [-0.1, -0.05) is 36.4 Å². The van der Waals surface area contributed by atoms with Crippen LogP contribution in [0.5, 0.6) is 0 Å². The first-order valence-corrected chi connectivity index (χ1v) is 10.3. The fourth-order valence-electron chi connectivity index (χ4n) is 2.50. The Balaban J connectivity index is 1.61. The molecule has 0 bridgehead atoms. The Morgan fingerprint density at radius 2 is 1.92 bits per heavy atom. The summed E-state index contributed by atoms with van der Waals surface area (Å²) in [5, 5.41) is 13.0. The van der Waals surface area contributed by atoms with Gasteiger partial charge in [0.2, 0.25) is 0 Å². The summed E-state index contributed by atoms with van der Waals surface area (Å²) in [6.45, 7) is 2.04. The molecule has 4 aromatic rings. The highest BCUT2D eigenvalue weighted by atomic mass is 32.2. The zero-order chi connectivity index (χ0) is 16.4. The molecule has 0 saturated carbocycles. The third kappa shape index (κ3) is 3.22. The van der Waals surface area contributed by atoms with Gasteiger partial charge in [-0.25, -0.2) is 4.98 Å². The van der Waals surface area contributed by atoms with Crippen LogP contribution in [0.2, 0.25) is 0 Å². The van der Waals surface area contributed by atoms with Gasteiger partial charge in [0, 0.05) is 5.75 Å². The molecule has 0 aliphatic rings. The Morgan fingerprint density at radius 3 is 2.71 bits per heavy atom. The van der Waals surface area contributed by atoms with E-state index in [1.54, 1.807) is 34.4 Å². The van der Waals surface area contributed by atoms with Crippen LogP contribution in [0, 0.1) is 6.92 Å². The van der Waals surface area contributed by atoms with Gasteiger partial charge in [0.25, 0.3) is 0 Å². The number of aromatic nitrogens is 3. The Kier molecular flexibility index (Phi) is 4.60. The summed E-state index contributed by atoms with van der Waals surface area (Å²) in [7, 11) is 0. The van der Waals surface area contributed by atoms with E-state index in [1.807, 2.05) is 19.1 Å². The molecular weight excluding hydrogens is 354 g/mol. The van der Waals surface area contributed by atoms with Gasteiger partial charge < -0.3 is 0 Å². The van der Waals surface area contributed by atoms with Gasteiger partial charge >= 0.3 is 0 Å². The van der Waals surface area contributed by atoms with Crippen LogP contribution in [0.25, 0.3) is 20.8 Å². The van der Waals surface area contributed by atoms with Crippen LogP contribution in [0.4, 0.5) is 0 Å². The Bertz CT molecular complexity index is 946. The van der Waals surface area contributed by atoms with Crippen LogP contribution in [-0.2, 0) is 6.42 Å². The van der Waals surface area contributed by atoms with E-state index in [-0.39, 0.29) is 0 Å². The van der Waals surface area contributed by atoms with E-state index in [1.165, 1.54) is 5.56 Å². The van der Waals surface area contributed by atoms with Crippen LogP contribution in [0.1, 0.15) is 10.6 Å². The quantitative estimate of drug-likeness (QED) is 0.438. The fraction of sp³-hybridized carbons (Fsp3) is 0.167. The summed E-state index contributed by atoms with van der Waals surface area (Å²) in [6, 6.07) is 14.7. The van der Waals surface area contributed by atoms with E-state index in [9.17, 15) is 0 Å². The van der Waals surface area contributed by atoms with Crippen molar-refractivity contribution < 1.29 is 0 Å². The molecule has 24 heavy (non-hydrogen) atoms. The van der Waals surface area contributed by atoms with E-state index in [0.717, 1.165) is 43.0 Å². The standard InChI is InChI=1S/C18H15N3S3/c1-12-19-16-17(24-12)15(14-8-5-10-22-14)20-21-18(16)23-11-9-13-6-3-2-4-7-13/h2-8,10H,9,11H2,1H3. The summed E-state index contributed by atoms with van der Waals surface area (Å²) < 4.78 is 1.15. The molecule has 120 valence electrons. The monoisotopic (exact) mass is 369 g/mol. The molecular formula is C18H15N3S3. The summed E-state index contributed by atoms with van der Waals surface area (Å²) in [6.07, 6.45) is 1.02. The number of rotatable bonds is 5. The van der Waals surface area contributed by atoms with Gasteiger partial charge in [-0.05, 0) is 30.4 Å². The van der Waals surface area contributed by atoms with E-state index >= 15 is 0 Å². The lowest BCUT2D eigenvalue weighted by atomic mass is 10.2. The third-order valence-corrected chi connectivity index (χ3v) is 6.43. The van der Waals surface area contributed by atoms with Crippen molar-refractivity contribution in [2.24, 2.45) is 0 Å². The smallest absolute Gasteiger partial charge is 0.146 e. The maximum atomic E-state index is 4.71. The van der Waals surface area contributed by atoms with E-state index < -0.39 is 0 Å². The average molecular weight is 370 g/mol. The minimum absolute atomic E-state index is 0.936. The number of aryl methyl sites for hydroxylation is 2. The first kappa shape index (κ1) is 15.7. The summed E-state index contributed by atoms with van der Waals surface area (Å²) in [5.74, 6) is 0.975. The summed E-state index contributed by atoms with van der Waals surface area (Å²) in [4.78, 5) is 5.86. The van der Waals surface area contributed by atoms with Gasteiger partial charge in [0.05, 0.1) is 14.6 Å². The topological polar surface area (TPSA) is 38.7 Å². The van der Waals surface area contributed by atoms with Crippen molar-refractivity contribution in [3.63, 3.8) is 0 Å². The molecule has 0 atom stereocenters. The molecule has 0 aliphatic heterocycles. The van der Waals surface area contributed by atoms with E-state index in [4.69, 9.17) is 4.98 Å². The zero-order valence-electron chi connectivity index (χ0n) is 13.1. The van der Waals surface area contributed by atoms with Crippen molar-refractivity contribution in [3.05, 3.63) is 58.4 Å². The molecule has 0 fully saturated rings. The molecule has 0 amide bonds. The van der Waals surface area contributed by atoms with Gasteiger partial charge in [0.15, 0.2) is 0 Å². The molecule has 0 N–H and O–H groups in total. The van der Waals surface area contributed by atoms with Crippen molar-refractivity contribution in [2.75, 3.05) is 5.75 Å². The first-order chi connectivity index (χ1) is 11.8. The second-order valence-electron chi connectivity index (χ2n) is 5.33. The highest BCUT2D eigenvalue weighted by Gasteiger charge is 2.16. The van der Waals surface area contributed by atoms with Crippen LogP contribution in [0.3, 0.4) is 0 Å². The molecule has 0 spiro atoms. The second kappa shape index (κ2) is 7.01. The second-order valence-corrected chi connectivity index (χ2v) is 8.56. The Hall–Kier alpha value is -1.76. The zero-order valence-corrected chi connectivity index (χ0v) is 15.5. The van der Waals surface area contributed by atoms with Crippen LogP contribution in [-0.4, -0.2) is 20.9 Å². The molecule has 3 nitrogen and oxygen atoms in total. The van der Waals surface area contributed by atoms with Crippen LogP contribution in [0.15, 0.2) is 52.9 Å². The lowest BCUT2D eigenvalue weighted by molar-refractivity contribution is 0.955. The summed E-state index contributed by atoms with van der Waals surface area (Å²) in [5.41, 5.74) is 3.30. The highest BCUT2D eigenvalue weighted by molar-refractivity contribution is 7.99. The van der Waals surface area contributed by atoms with Crippen molar-refractivity contribution >= 4 is 44.7 Å². The number of hydrogen-bond donors (Lipinski definition) is 0. The van der Waals surface area contributed by atoms with E-state index in [0.29, 0.717) is 0 Å². The summed E-state index contributed by atoms with van der Waals surface area (Å²) >= 11 is 5.13. The number of thiazole rings is 1. The molecule has 3 aromatic heterocycles. The largest absolute Gasteiger partial charge is 0.238 e. The predicted octanol–water partition coefficient (Wildman–Crippen LogP) is 5.46. The molecule has 0 radical (unpaired) electrons. The van der Waals surface area contributed by atoms with Gasteiger partial charge in [0.1, 0.15) is 16.2 Å². The number of thioether (sulfide) groups is 1. The lowest BCUT2D eigenvalue weighted by Crippen LogP contribution is -1.94. The maximum Gasteiger partial charge on any atom is 0.146 e. The molecule has 6 heteroatoms. The minimum Gasteiger partial charge on any atom is -0.238 e. The molecule has 4 rings (SSSR count). The Labute approximate surface area is 152 Å². The molecule has 0 saturated heterocycles. The lowest BCUT2D eigenvalue weighted by Gasteiger charge is -2.04. The third-order valence-electron chi connectivity index (χ3n) is 3.62. The SMILES string of the molecule is Cc1nc2c(SCCc3ccccc3)nnc(-c3cccs3)c2s1. The fourth-order valence-corrected chi connectivity index (χ4v) is 5.18. The molecule has 0 aliphatic carbocycles. The van der Waals surface area contributed by atoms with Gasteiger partial charge in [-0.15, -0.1) is 44.6 Å². The first-order valence-electron chi connectivity index (χ1n) is 7.65. The van der Waals surface area contributed by atoms with Crippen molar-refractivity contribution in [2.45, 2.75) is 18.4 Å². The predicted molar refractivity (Wildman–Crippen MR) is 104 cm³/mol. The normalized spacial score (nSPS) is 11.2. The van der Waals surface area contributed by atoms with Crippen LogP contribution >= 0.6 is 34.4 Å². The number of nitrogens with zero attached hydrogens (tertiary/aromatic N) is 3. The van der Waals surface area contributed by atoms with Crippen molar-refractivity contribution in [1.29, 1.82) is 0 Å².